The average Bonchev–Trinajstić information content (AvgIpc) is 2.99. The van der Waals surface area contributed by atoms with Gasteiger partial charge in [0.15, 0.2) is 0 Å². The molecule has 0 spiro atoms. The summed E-state index contributed by atoms with van der Waals surface area (Å²) >= 11 is 0. The van der Waals surface area contributed by atoms with Gasteiger partial charge in [-0.15, -0.1) is 0 Å². The van der Waals surface area contributed by atoms with E-state index in [2.05, 4.69) is 40.7 Å². The third-order valence-electron chi connectivity index (χ3n) is 10.3. The topological polar surface area (TPSA) is 26.0 Å². The lowest BCUT2D eigenvalue weighted by atomic mass is 9.47. The molecular weight excluding hydrogens is 338 g/mol. The van der Waals surface area contributed by atoms with Crippen LogP contribution in [0.3, 0.4) is 0 Å². The zero-order valence-corrected chi connectivity index (χ0v) is 19.5. The second-order valence-electron chi connectivity index (χ2n) is 12.3. The van der Waals surface area contributed by atoms with Crippen molar-refractivity contribution in [2.75, 3.05) is 0 Å². The van der Waals surface area contributed by atoms with E-state index in [4.69, 9.17) is 5.73 Å². The van der Waals surface area contributed by atoms with Gasteiger partial charge in [-0.1, -0.05) is 65.5 Å². The highest BCUT2D eigenvalue weighted by atomic mass is 14.7. The molecule has 3 unspecified atom stereocenters. The summed E-state index contributed by atoms with van der Waals surface area (Å²) in [6.45, 7) is 12.7. The van der Waals surface area contributed by atoms with Gasteiger partial charge < -0.3 is 5.73 Å². The first-order chi connectivity index (χ1) is 13.3. The zero-order valence-electron chi connectivity index (χ0n) is 19.5. The molecule has 4 aliphatic carbocycles. The number of hydrogen-bond donors (Lipinski definition) is 1. The van der Waals surface area contributed by atoms with Gasteiger partial charge in [0.2, 0.25) is 0 Å². The molecule has 0 radical (unpaired) electrons. The second kappa shape index (κ2) is 7.75. The number of rotatable bonds is 5. The smallest absolute Gasteiger partial charge is 0.00766 e. The molecule has 4 aliphatic rings. The molecule has 0 aromatic rings. The monoisotopic (exact) mass is 385 g/mol. The van der Waals surface area contributed by atoms with Gasteiger partial charge in [-0.25, -0.2) is 0 Å². The fourth-order valence-corrected chi connectivity index (χ4v) is 8.71. The zero-order chi connectivity index (χ0) is 20.1. The Labute approximate surface area is 175 Å². The highest BCUT2D eigenvalue weighted by Crippen LogP contribution is 2.67. The lowest BCUT2D eigenvalue weighted by Gasteiger charge is -2.58. The van der Waals surface area contributed by atoms with E-state index in [0.29, 0.717) is 16.9 Å². The molecule has 1 nitrogen and oxygen atoms in total. The summed E-state index contributed by atoms with van der Waals surface area (Å²) in [6, 6.07) is 0.423. The van der Waals surface area contributed by atoms with E-state index in [1.165, 1.54) is 70.6 Å². The molecule has 3 fully saturated rings. The van der Waals surface area contributed by atoms with Crippen LogP contribution < -0.4 is 5.73 Å². The Balaban J connectivity index is 1.49. The van der Waals surface area contributed by atoms with E-state index in [1.54, 1.807) is 5.57 Å². The number of allylic oxidation sites excluding steroid dienone is 1. The molecule has 0 bridgehead atoms. The first kappa shape index (κ1) is 21.0. The van der Waals surface area contributed by atoms with E-state index < -0.39 is 0 Å². The van der Waals surface area contributed by atoms with E-state index in [9.17, 15) is 0 Å². The fourth-order valence-electron chi connectivity index (χ4n) is 8.71. The maximum absolute atomic E-state index is 6.34. The molecule has 3 saturated carbocycles. The van der Waals surface area contributed by atoms with E-state index in [-0.39, 0.29) is 0 Å². The summed E-state index contributed by atoms with van der Waals surface area (Å²) in [6.07, 6.45) is 18.1. The molecule has 2 N–H and O–H groups in total. The minimum atomic E-state index is 0.423. The first-order valence-corrected chi connectivity index (χ1v) is 12.7. The van der Waals surface area contributed by atoms with Crippen molar-refractivity contribution >= 4 is 0 Å². The normalized spacial score (nSPS) is 46.5. The van der Waals surface area contributed by atoms with Crippen molar-refractivity contribution in [2.24, 2.45) is 52.1 Å². The summed E-state index contributed by atoms with van der Waals surface area (Å²) in [5, 5.41) is 0. The lowest BCUT2D eigenvalue weighted by Crippen LogP contribution is -2.51. The Hall–Kier alpha value is -0.300. The van der Waals surface area contributed by atoms with Crippen LogP contribution in [0.1, 0.15) is 105 Å². The minimum absolute atomic E-state index is 0.423. The molecule has 1 heteroatoms. The number of nitrogens with two attached hydrogens (primary N) is 1. The standard InChI is InChI=1S/C27H47N/c1-18(2)7-6-8-19(3)23-11-12-24-22-10-9-20-17-21(28)13-15-26(20,4)25(22)14-16-27(23,24)5/h9,18-19,21-25H,6-8,10-17,28H2,1-5H3/t19-,21?,22?,23-,24?,25+,26+,27-/m1/s1. The average molecular weight is 386 g/mol. The Morgan fingerprint density at radius 2 is 1.79 bits per heavy atom. The molecule has 8 atom stereocenters. The Morgan fingerprint density at radius 1 is 1.00 bits per heavy atom. The van der Waals surface area contributed by atoms with Crippen molar-refractivity contribution in [3.05, 3.63) is 11.6 Å². The molecule has 0 amide bonds. The Kier molecular flexibility index (Phi) is 5.80. The predicted octanol–water partition coefficient (Wildman–Crippen LogP) is 7.36. The quantitative estimate of drug-likeness (QED) is 0.492. The third-order valence-corrected chi connectivity index (χ3v) is 10.3. The maximum Gasteiger partial charge on any atom is 0.00766 e. The van der Waals surface area contributed by atoms with Gasteiger partial charge in [-0.2, -0.15) is 0 Å². The van der Waals surface area contributed by atoms with E-state index in [0.717, 1.165) is 35.5 Å². The van der Waals surface area contributed by atoms with Crippen LogP contribution in [0.15, 0.2) is 11.6 Å². The summed E-state index contributed by atoms with van der Waals surface area (Å²) < 4.78 is 0. The molecular formula is C27H47N. The lowest BCUT2D eigenvalue weighted by molar-refractivity contribution is -0.0508. The van der Waals surface area contributed by atoms with Crippen LogP contribution in [-0.2, 0) is 0 Å². The molecule has 160 valence electrons. The fraction of sp³-hybridized carbons (Fsp3) is 0.926. The van der Waals surface area contributed by atoms with Crippen LogP contribution in [-0.4, -0.2) is 6.04 Å². The van der Waals surface area contributed by atoms with Gasteiger partial charge in [0.1, 0.15) is 0 Å². The number of hydrogen-bond acceptors (Lipinski definition) is 1. The van der Waals surface area contributed by atoms with E-state index in [1.807, 2.05) is 0 Å². The van der Waals surface area contributed by atoms with Crippen LogP contribution >= 0.6 is 0 Å². The molecule has 0 aliphatic heterocycles. The van der Waals surface area contributed by atoms with Crippen molar-refractivity contribution in [1.82, 2.24) is 0 Å². The third kappa shape index (κ3) is 3.42. The van der Waals surface area contributed by atoms with Gasteiger partial charge >= 0.3 is 0 Å². The summed E-state index contributed by atoms with van der Waals surface area (Å²) in [4.78, 5) is 0. The summed E-state index contributed by atoms with van der Waals surface area (Å²) in [5.41, 5.74) is 9.18. The first-order valence-electron chi connectivity index (χ1n) is 12.7. The van der Waals surface area contributed by atoms with Crippen molar-refractivity contribution in [3.63, 3.8) is 0 Å². The molecule has 0 aromatic heterocycles. The Bertz CT molecular complexity index is 591. The highest BCUT2D eigenvalue weighted by Gasteiger charge is 2.58. The second-order valence-corrected chi connectivity index (χ2v) is 12.3. The van der Waals surface area contributed by atoms with Crippen molar-refractivity contribution in [1.29, 1.82) is 0 Å². The van der Waals surface area contributed by atoms with Crippen LogP contribution in [0.5, 0.6) is 0 Å². The minimum Gasteiger partial charge on any atom is -0.327 e. The van der Waals surface area contributed by atoms with Crippen LogP contribution in [0.2, 0.25) is 0 Å². The number of fused-ring (bicyclic) bond motifs is 5. The maximum atomic E-state index is 6.34. The Morgan fingerprint density at radius 3 is 2.54 bits per heavy atom. The van der Waals surface area contributed by atoms with Crippen LogP contribution in [0.4, 0.5) is 0 Å². The van der Waals surface area contributed by atoms with Gasteiger partial charge in [0.05, 0.1) is 0 Å². The van der Waals surface area contributed by atoms with E-state index >= 15 is 0 Å². The summed E-state index contributed by atoms with van der Waals surface area (Å²) in [7, 11) is 0. The van der Waals surface area contributed by atoms with Crippen molar-refractivity contribution < 1.29 is 0 Å². The molecule has 0 heterocycles. The largest absolute Gasteiger partial charge is 0.327 e. The summed E-state index contributed by atoms with van der Waals surface area (Å²) in [5.74, 6) is 5.63. The van der Waals surface area contributed by atoms with Gasteiger partial charge in [-0.3, -0.25) is 0 Å². The van der Waals surface area contributed by atoms with Crippen molar-refractivity contribution in [2.45, 2.75) is 111 Å². The van der Waals surface area contributed by atoms with Crippen molar-refractivity contribution in [3.8, 4) is 0 Å². The molecule has 0 aromatic carbocycles. The van der Waals surface area contributed by atoms with Gasteiger partial charge in [0.25, 0.3) is 0 Å². The molecule has 28 heavy (non-hydrogen) atoms. The molecule has 0 saturated heterocycles. The van der Waals surface area contributed by atoms with Crippen LogP contribution in [0.25, 0.3) is 0 Å². The SMILES string of the molecule is CC(C)CCC[C@@H](C)[C@H]1CCC2C3CC=C4CC(N)CC[C@]4(C)[C@H]3CC[C@@]21C. The van der Waals surface area contributed by atoms with Gasteiger partial charge in [0, 0.05) is 6.04 Å². The van der Waals surface area contributed by atoms with Gasteiger partial charge in [-0.05, 0) is 97.7 Å². The highest BCUT2D eigenvalue weighted by molar-refractivity contribution is 5.25. The molecule has 4 rings (SSSR count). The van der Waals surface area contributed by atoms with Crippen LogP contribution in [0, 0.1) is 46.3 Å². The predicted molar refractivity (Wildman–Crippen MR) is 121 cm³/mol.